The van der Waals surface area contributed by atoms with E-state index in [1.807, 2.05) is 6.92 Å². The van der Waals surface area contributed by atoms with Gasteiger partial charge in [0.05, 0.1) is 12.6 Å². The monoisotopic (exact) mass is 215 g/mol. The topological polar surface area (TPSA) is 89.4 Å². The molecule has 15 heavy (non-hydrogen) atoms. The molecule has 1 amide bonds. The van der Waals surface area contributed by atoms with E-state index in [9.17, 15) is 9.59 Å². The van der Waals surface area contributed by atoms with Crippen molar-refractivity contribution in [3.63, 3.8) is 0 Å². The molecule has 0 radical (unpaired) electrons. The van der Waals surface area contributed by atoms with E-state index in [0.717, 1.165) is 19.1 Å². The first-order valence-corrected chi connectivity index (χ1v) is 5.36. The van der Waals surface area contributed by atoms with Crippen molar-refractivity contribution in [1.29, 1.82) is 0 Å². The van der Waals surface area contributed by atoms with Crippen LogP contribution in [0.5, 0.6) is 0 Å². The van der Waals surface area contributed by atoms with Gasteiger partial charge in [-0.15, -0.1) is 0 Å². The lowest BCUT2D eigenvalue weighted by molar-refractivity contribution is -0.135. The number of likely N-dealkylation sites (N-methyl/N-ethyl adjacent to an activating group) is 1. The largest absolute Gasteiger partial charge is 0.332 e. The summed E-state index contributed by atoms with van der Waals surface area (Å²) in [6, 6.07) is -0.349. The number of nitrogens with zero attached hydrogens (tertiary/aromatic N) is 1. The van der Waals surface area contributed by atoms with E-state index >= 15 is 0 Å². The quantitative estimate of drug-likeness (QED) is 0.421. The summed E-state index contributed by atoms with van der Waals surface area (Å²) in [6.45, 7) is 2.92. The SMILES string of the molecule is CCN(C(=O)CN)[C@H](C=O)CCCCN. The second-order valence-corrected chi connectivity index (χ2v) is 3.37. The predicted octanol–water partition coefficient (Wildman–Crippen LogP) is -0.510. The molecule has 5 nitrogen and oxygen atoms in total. The van der Waals surface area contributed by atoms with Crippen molar-refractivity contribution in [2.24, 2.45) is 11.5 Å². The zero-order chi connectivity index (χ0) is 11.7. The highest BCUT2D eigenvalue weighted by Crippen LogP contribution is 2.06. The molecule has 88 valence electrons. The first-order valence-electron chi connectivity index (χ1n) is 5.36. The Bertz CT molecular complexity index is 197. The molecule has 0 bridgehead atoms. The van der Waals surface area contributed by atoms with Gasteiger partial charge in [-0.25, -0.2) is 0 Å². The zero-order valence-corrected chi connectivity index (χ0v) is 9.32. The van der Waals surface area contributed by atoms with Gasteiger partial charge in [-0.3, -0.25) is 4.79 Å². The third kappa shape index (κ3) is 4.90. The molecule has 0 heterocycles. The van der Waals surface area contributed by atoms with E-state index in [4.69, 9.17) is 11.5 Å². The summed E-state index contributed by atoms with van der Waals surface area (Å²) in [4.78, 5) is 23.8. The average Bonchev–Trinajstić information content (AvgIpc) is 2.27. The second kappa shape index (κ2) is 8.38. The molecule has 0 saturated heterocycles. The molecule has 0 aliphatic heterocycles. The fourth-order valence-corrected chi connectivity index (χ4v) is 1.51. The number of aldehydes is 1. The summed E-state index contributed by atoms with van der Waals surface area (Å²) in [5, 5.41) is 0. The molecule has 0 spiro atoms. The lowest BCUT2D eigenvalue weighted by atomic mass is 10.1. The van der Waals surface area contributed by atoms with Crippen LogP contribution < -0.4 is 11.5 Å². The molecule has 0 aliphatic rings. The van der Waals surface area contributed by atoms with E-state index in [1.165, 1.54) is 4.90 Å². The minimum absolute atomic E-state index is 0.0466. The summed E-state index contributed by atoms with van der Waals surface area (Å²) in [5.41, 5.74) is 10.6. The molecular weight excluding hydrogens is 194 g/mol. The van der Waals surface area contributed by atoms with Gasteiger partial charge in [0.25, 0.3) is 0 Å². The molecule has 5 heteroatoms. The number of carbonyl (C=O) groups excluding carboxylic acids is 2. The lowest BCUT2D eigenvalue weighted by Crippen LogP contribution is -2.44. The number of carbonyl (C=O) groups is 2. The molecule has 0 unspecified atom stereocenters. The van der Waals surface area contributed by atoms with Crippen LogP contribution in [-0.4, -0.2) is 42.8 Å². The highest BCUT2D eigenvalue weighted by atomic mass is 16.2. The van der Waals surface area contributed by atoms with Gasteiger partial charge in [-0.05, 0) is 32.7 Å². The zero-order valence-electron chi connectivity index (χ0n) is 9.32. The standard InChI is InChI=1S/C10H21N3O2/c1-2-13(10(15)7-12)9(8-14)5-3-4-6-11/h8-9H,2-7,11-12H2,1H3/t9-/m0/s1. The van der Waals surface area contributed by atoms with Gasteiger partial charge in [0, 0.05) is 6.54 Å². The van der Waals surface area contributed by atoms with Gasteiger partial charge in [-0.1, -0.05) is 0 Å². The van der Waals surface area contributed by atoms with E-state index in [0.29, 0.717) is 19.5 Å². The minimum atomic E-state index is -0.349. The highest BCUT2D eigenvalue weighted by molar-refractivity contribution is 5.81. The first-order chi connectivity index (χ1) is 7.21. The van der Waals surface area contributed by atoms with Crippen molar-refractivity contribution in [2.45, 2.75) is 32.2 Å². The van der Waals surface area contributed by atoms with Crippen LogP contribution in [0, 0.1) is 0 Å². The summed E-state index contributed by atoms with van der Waals surface area (Å²) in [7, 11) is 0. The summed E-state index contributed by atoms with van der Waals surface area (Å²) >= 11 is 0. The summed E-state index contributed by atoms with van der Waals surface area (Å²) < 4.78 is 0. The third-order valence-corrected chi connectivity index (χ3v) is 2.35. The summed E-state index contributed by atoms with van der Waals surface area (Å²) in [6.07, 6.45) is 3.21. The van der Waals surface area contributed by atoms with Gasteiger partial charge in [0.2, 0.25) is 5.91 Å². The molecule has 0 rings (SSSR count). The van der Waals surface area contributed by atoms with Crippen molar-refractivity contribution in [3.8, 4) is 0 Å². The molecule has 0 fully saturated rings. The Morgan fingerprint density at radius 1 is 1.40 bits per heavy atom. The first kappa shape index (κ1) is 14.1. The van der Waals surface area contributed by atoms with Crippen LogP contribution in [0.3, 0.4) is 0 Å². The number of unbranched alkanes of at least 4 members (excludes halogenated alkanes) is 1. The maximum absolute atomic E-state index is 11.4. The Hall–Kier alpha value is -0.940. The van der Waals surface area contributed by atoms with Crippen LogP contribution in [0.1, 0.15) is 26.2 Å². The van der Waals surface area contributed by atoms with Crippen LogP contribution in [0.25, 0.3) is 0 Å². The Kier molecular flexibility index (Phi) is 7.85. The van der Waals surface area contributed by atoms with Crippen molar-refractivity contribution >= 4 is 12.2 Å². The molecule has 0 aliphatic carbocycles. The van der Waals surface area contributed by atoms with Crippen LogP contribution in [0.2, 0.25) is 0 Å². The molecule has 1 atom stereocenters. The fraction of sp³-hybridized carbons (Fsp3) is 0.800. The van der Waals surface area contributed by atoms with E-state index in [-0.39, 0.29) is 18.5 Å². The molecule has 0 aromatic rings. The van der Waals surface area contributed by atoms with Crippen molar-refractivity contribution in [1.82, 2.24) is 4.90 Å². The van der Waals surface area contributed by atoms with Crippen molar-refractivity contribution < 1.29 is 9.59 Å². The summed E-state index contributed by atoms with van der Waals surface area (Å²) in [5.74, 6) is -0.178. The second-order valence-electron chi connectivity index (χ2n) is 3.37. The minimum Gasteiger partial charge on any atom is -0.332 e. The lowest BCUT2D eigenvalue weighted by Gasteiger charge is -2.26. The maximum atomic E-state index is 11.4. The average molecular weight is 215 g/mol. The van der Waals surface area contributed by atoms with Gasteiger partial charge >= 0.3 is 0 Å². The van der Waals surface area contributed by atoms with Gasteiger partial charge in [0.15, 0.2) is 0 Å². The smallest absolute Gasteiger partial charge is 0.236 e. The molecule has 0 saturated carbocycles. The van der Waals surface area contributed by atoms with Gasteiger partial charge in [0.1, 0.15) is 6.29 Å². The number of rotatable bonds is 8. The van der Waals surface area contributed by atoms with Crippen LogP contribution >= 0.6 is 0 Å². The molecule has 4 N–H and O–H groups in total. The van der Waals surface area contributed by atoms with E-state index < -0.39 is 0 Å². The number of hydrogen-bond donors (Lipinski definition) is 2. The molecule has 0 aromatic heterocycles. The Balaban J connectivity index is 4.20. The predicted molar refractivity (Wildman–Crippen MR) is 59.2 cm³/mol. The Morgan fingerprint density at radius 3 is 2.47 bits per heavy atom. The van der Waals surface area contributed by atoms with Crippen LogP contribution in [0.15, 0.2) is 0 Å². The number of amides is 1. The van der Waals surface area contributed by atoms with Crippen molar-refractivity contribution in [2.75, 3.05) is 19.6 Å². The fourth-order valence-electron chi connectivity index (χ4n) is 1.51. The number of nitrogens with two attached hydrogens (primary N) is 2. The highest BCUT2D eigenvalue weighted by Gasteiger charge is 2.19. The molecular formula is C10H21N3O2. The van der Waals surface area contributed by atoms with Gasteiger partial charge < -0.3 is 21.2 Å². The van der Waals surface area contributed by atoms with Gasteiger partial charge in [-0.2, -0.15) is 0 Å². The Labute approximate surface area is 90.8 Å². The molecule has 0 aromatic carbocycles. The van der Waals surface area contributed by atoms with E-state index in [1.54, 1.807) is 0 Å². The van der Waals surface area contributed by atoms with Crippen molar-refractivity contribution in [3.05, 3.63) is 0 Å². The third-order valence-electron chi connectivity index (χ3n) is 2.35. The van der Waals surface area contributed by atoms with Crippen LogP contribution in [0.4, 0.5) is 0 Å². The maximum Gasteiger partial charge on any atom is 0.236 e. The Morgan fingerprint density at radius 2 is 2.07 bits per heavy atom. The normalized spacial score (nSPS) is 12.2. The van der Waals surface area contributed by atoms with Crippen LogP contribution in [-0.2, 0) is 9.59 Å². The van der Waals surface area contributed by atoms with E-state index in [2.05, 4.69) is 0 Å². The number of hydrogen-bond acceptors (Lipinski definition) is 4.